The summed E-state index contributed by atoms with van der Waals surface area (Å²) in [4.78, 5) is 0. The van der Waals surface area contributed by atoms with E-state index < -0.39 is 12.2 Å². The lowest BCUT2D eigenvalue weighted by molar-refractivity contribution is 0.0137. The lowest BCUT2D eigenvalue weighted by Crippen LogP contribution is -2.27. The van der Waals surface area contributed by atoms with Gasteiger partial charge in [0.05, 0.1) is 18.3 Å². The third kappa shape index (κ3) is 6.91. The molecule has 0 spiro atoms. The van der Waals surface area contributed by atoms with E-state index in [1.54, 1.807) is 7.11 Å². The normalized spacial score (nSPS) is 15.5. The Kier molecular flexibility index (Phi) is 9.37. The number of aliphatic hydroxyl groups excluding tert-OH is 2. The van der Waals surface area contributed by atoms with E-state index in [2.05, 4.69) is 6.92 Å². The molecule has 3 atom stereocenters. The number of hydrogen-bond donors (Lipinski definition) is 2. The Balaban J connectivity index is 2.35. The topological polar surface area (TPSA) is 49.7 Å². The molecule has 0 amide bonds. The number of benzene rings is 1. The van der Waals surface area contributed by atoms with Crippen LogP contribution in [0, 0.1) is 0 Å². The van der Waals surface area contributed by atoms with Gasteiger partial charge < -0.3 is 14.9 Å². The fraction of sp³-hybridized carbons (Fsp3) is 0.684. The summed E-state index contributed by atoms with van der Waals surface area (Å²) < 4.78 is 5.28. The molecule has 0 saturated heterocycles. The molecule has 0 aliphatic carbocycles. The molecule has 1 rings (SSSR count). The quantitative estimate of drug-likeness (QED) is 0.607. The van der Waals surface area contributed by atoms with Gasteiger partial charge in [-0.25, -0.2) is 0 Å². The van der Waals surface area contributed by atoms with Crippen molar-refractivity contribution in [2.75, 3.05) is 7.11 Å². The Morgan fingerprint density at radius 1 is 0.955 bits per heavy atom. The van der Waals surface area contributed by atoms with Crippen molar-refractivity contribution in [3.63, 3.8) is 0 Å². The highest BCUT2D eigenvalue weighted by atomic mass is 16.5. The largest absolute Gasteiger partial charge is 0.390 e. The molecule has 0 saturated carbocycles. The zero-order chi connectivity index (χ0) is 16.4. The van der Waals surface area contributed by atoms with Crippen LogP contribution in [0.1, 0.15) is 69.6 Å². The monoisotopic (exact) mass is 308 g/mol. The van der Waals surface area contributed by atoms with Crippen molar-refractivity contribution in [1.82, 2.24) is 0 Å². The van der Waals surface area contributed by atoms with E-state index in [9.17, 15) is 10.2 Å². The first-order valence-electron chi connectivity index (χ1n) is 8.56. The fourth-order valence-corrected chi connectivity index (χ4v) is 2.59. The molecule has 126 valence electrons. The fourth-order valence-electron chi connectivity index (χ4n) is 2.59. The highest BCUT2D eigenvalue weighted by Crippen LogP contribution is 2.18. The van der Waals surface area contributed by atoms with Crippen LogP contribution in [0.5, 0.6) is 0 Å². The standard InChI is InChI=1S/C19H32O3/c1-4-5-6-7-8-9-18(20)19(21)14-16-10-12-17(13-11-16)15(2)22-3/h10-13,15,18-21H,4-9,14H2,1-3H3/t15?,18-,19-/m1/s1. The third-order valence-electron chi connectivity index (χ3n) is 4.30. The predicted molar refractivity (Wildman–Crippen MR) is 91.0 cm³/mol. The maximum absolute atomic E-state index is 10.1. The average Bonchev–Trinajstić information content (AvgIpc) is 2.54. The van der Waals surface area contributed by atoms with Crippen molar-refractivity contribution in [3.05, 3.63) is 35.4 Å². The number of ether oxygens (including phenoxy) is 1. The maximum atomic E-state index is 10.1. The van der Waals surface area contributed by atoms with Gasteiger partial charge in [0.1, 0.15) is 0 Å². The summed E-state index contributed by atoms with van der Waals surface area (Å²) in [6.07, 6.45) is 5.78. The van der Waals surface area contributed by atoms with Gasteiger partial charge in [0.15, 0.2) is 0 Å². The zero-order valence-electron chi connectivity index (χ0n) is 14.3. The van der Waals surface area contributed by atoms with Gasteiger partial charge >= 0.3 is 0 Å². The van der Waals surface area contributed by atoms with Gasteiger partial charge in [0.25, 0.3) is 0 Å². The van der Waals surface area contributed by atoms with Crippen LogP contribution < -0.4 is 0 Å². The van der Waals surface area contributed by atoms with Gasteiger partial charge in [0, 0.05) is 13.5 Å². The number of unbranched alkanes of at least 4 members (excludes halogenated alkanes) is 4. The van der Waals surface area contributed by atoms with Gasteiger partial charge in [-0.3, -0.25) is 0 Å². The first-order chi connectivity index (χ1) is 10.6. The SMILES string of the molecule is CCCCCCC[C@@H](O)[C@H](O)Cc1ccc(C(C)OC)cc1. The molecule has 2 N–H and O–H groups in total. The molecule has 0 aromatic heterocycles. The number of hydrogen-bond acceptors (Lipinski definition) is 3. The highest BCUT2D eigenvalue weighted by molar-refractivity contribution is 5.24. The van der Waals surface area contributed by atoms with E-state index in [1.165, 1.54) is 19.3 Å². The van der Waals surface area contributed by atoms with E-state index >= 15 is 0 Å². The summed E-state index contributed by atoms with van der Waals surface area (Å²) in [7, 11) is 1.69. The molecule has 0 aliphatic heterocycles. The lowest BCUT2D eigenvalue weighted by atomic mass is 9.98. The van der Waals surface area contributed by atoms with Crippen molar-refractivity contribution in [1.29, 1.82) is 0 Å². The van der Waals surface area contributed by atoms with Crippen molar-refractivity contribution in [3.8, 4) is 0 Å². The molecule has 0 radical (unpaired) electrons. The van der Waals surface area contributed by atoms with Crippen LogP contribution in [0.3, 0.4) is 0 Å². The van der Waals surface area contributed by atoms with Gasteiger partial charge in [-0.1, -0.05) is 63.3 Å². The van der Waals surface area contributed by atoms with E-state index in [0.717, 1.165) is 24.0 Å². The minimum Gasteiger partial charge on any atom is -0.390 e. The Labute approximate surface area is 135 Å². The van der Waals surface area contributed by atoms with Crippen LogP contribution in [0.2, 0.25) is 0 Å². The molecule has 1 aromatic rings. The minimum atomic E-state index is -0.683. The molecule has 3 nitrogen and oxygen atoms in total. The third-order valence-corrected chi connectivity index (χ3v) is 4.30. The maximum Gasteiger partial charge on any atom is 0.0839 e. The average molecular weight is 308 g/mol. The lowest BCUT2D eigenvalue weighted by Gasteiger charge is -2.18. The van der Waals surface area contributed by atoms with Crippen LogP contribution in [0.25, 0.3) is 0 Å². The Morgan fingerprint density at radius 2 is 1.59 bits per heavy atom. The van der Waals surface area contributed by atoms with E-state index in [1.807, 2.05) is 31.2 Å². The van der Waals surface area contributed by atoms with Gasteiger partial charge in [-0.2, -0.15) is 0 Å². The number of methoxy groups -OCH3 is 1. The molecular formula is C19H32O3. The van der Waals surface area contributed by atoms with Crippen molar-refractivity contribution in [2.24, 2.45) is 0 Å². The number of aliphatic hydroxyl groups is 2. The molecule has 0 aliphatic rings. The summed E-state index contributed by atoms with van der Waals surface area (Å²) in [5, 5.41) is 20.2. The van der Waals surface area contributed by atoms with Crippen LogP contribution in [-0.4, -0.2) is 29.5 Å². The summed E-state index contributed by atoms with van der Waals surface area (Å²) in [6, 6.07) is 8.05. The predicted octanol–water partition coefficient (Wildman–Crippen LogP) is 4.02. The zero-order valence-corrected chi connectivity index (χ0v) is 14.3. The van der Waals surface area contributed by atoms with Crippen molar-refractivity contribution in [2.45, 2.75) is 77.1 Å². The van der Waals surface area contributed by atoms with Gasteiger partial charge in [0.2, 0.25) is 0 Å². The van der Waals surface area contributed by atoms with Gasteiger partial charge in [-0.15, -0.1) is 0 Å². The molecule has 1 unspecified atom stereocenters. The smallest absolute Gasteiger partial charge is 0.0839 e. The first-order valence-corrected chi connectivity index (χ1v) is 8.56. The van der Waals surface area contributed by atoms with Crippen LogP contribution >= 0.6 is 0 Å². The summed E-state index contributed by atoms with van der Waals surface area (Å²) >= 11 is 0. The van der Waals surface area contributed by atoms with Crippen LogP contribution in [0.15, 0.2) is 24.3 Å². The molecule has 0 fully saturated rings. The van der Waals surface area contributed by atoms with E-state index in [0.29, 0.717) is 12.8 Å². The molecule has 0 bridgehead atoms. The number of rotatable bonds is 11. The summed E-state index contributed by atoms with van der Waals surface area (Å²) in [6.45, 7) is 4.20. The summed E-state index contributed by atoms with van der Waals surface area (Å²) in [5.74, 6) is 0. The van der Waals surface area contributed by atoms with Gasteiger partial charge in [-0.05, 0) is 24.5 Å². The van der Waals surface area contributed by atoms with Crippen LogP contribution in [-0.2, 0) is 11.2 Å². The first kappa shape index (κ1) is 19.1. The summed E-state index contributed by atoms with van der Waals surface area (Å²) in [5.41, 5.74) is 2.17. The second-order valence-corrected chi connectivity index (χ2v) is 6.16. The molecule has 3 heteroatoms. The second kappa shape index (κ2) is 10.8. The van der Waals surface area contributed by atoms with Crippen molar-refractivity contribution < 1.29 is 14.9 Å². The minimum absolute atomic E-state index is 0.0766. The Hall–Kier alpha value is -0.900. The Morgan fingerprint density at radius 3 is 2.18 bits per heavy atom. The van der Waals surface area contributed by atoms with E-state index in [-0.39, 0.29) is 6.10 Å². The molecule has 22 heavy (non-hydrogen) atoms. The van der Waals surface area contributed by atoms with Crippen LogP contribution in [0.4, 0.5) is 0 Å². The van der Waals surface area contributed by atoms with Crippen molar-refractivity contribution >= 4 is 0 Å². The second-order valence-electron chi connectivity index (χ2n) is 6.16. The molecule has 0 heterocycles. The Bertz CT molecular complexity index is 388. The molecule has 1 aromatic carbocycles. The highest BCUT2D eigenvalue weighted by Gasteiger charge is 2.16. The molecular weight excluding hydrogens is 276 g/mol. The van der Waals surface area contributed by atoms with E-state index in [4.69, 9.17) is 4.74 Å².